The first-order valence-electron chi connectivity index (χ1n) is 11.5. The van der Waals surface area contributed by atoms with Crippen LogP contribution in [0.4, 0.5) is 5.69 Å². The Labute approximate surface area is 211 Å². The number of carbonyl (C=O) groups is 1. The quantitative estimate of drug-likeness (QED) is 0.478. The largest absolute Gasteiger partial charge is 0.379 e. The first-order chi connectivity index (χ1) is 16.8. The molecule has 0 saturated carbocycles. The summed E-state index contributed by atoms with van der Waals surface area (Å²) in [6.45, 7) is 5.51. The highest BCUT2D eigenvalue weighted by atomic mass is 35.5. The molecule has 1 amide bonds. The molecule has 184 valence electrons. The topological polar surface area (TPSA) is 88.6 Å². The monoisotopic (exact) mass is 513 g/mol. The van der Waals surface area contributed by atoms with Crippen molar-refractivity contribution in [3.8, 4) is 11.3 Å². The van der Waals surface area contributed by atoms with Crippen molar-refractivity contribution in [3.63, 3.8) is 0 Å². The molecule has 0 bridgehead atoms. The number of halogens is 1. The molecule has 3 aromatic rings. The Morgan fingerprint density at radius 3 is 2.63 bits per heavy atom. The minimum absolute atomic E-state index is 0.0659. The van der Waals surface area contributed by atoms with Crippen LogP contribution in [-0.2, 0) is 14.6 Å². The Bertz CT molecular complexity index is 1290. The van der Waals surface area contributed by atoms with Crippen LogP contribution in [-0.4, -0.2) is 62.8 Å². The van der Waals surface area contributed by atoms with Crippen molar-refractivity contribution in [1.29, 1.82) is 0 Å². The van der Waals surface area contributed by atoms with Crippen LogP contribution < -0.4 is 5.32 Å². The van der Waals surface area contributed by atoms with Crippen molar-refractivity contribution in [2.45, 2.75) is 18.2 Å². The van der Waals surface area contributed by atoms with E-state index in [1.165, 1.54) is 6.07 Å². The molecule has 0 aliphatic carbocycles. The van der Waals surface area contributed by atoms with Gasteiger partial charge in [-0.1, -0.05) is 17.7 Å². The number of aromatic nitrogens is 1. The number of carbonyl (C=O) groups excluding carboxylic acids is 1. The van der Waals surface area contributed by atoms with Crippen LogP contribution in [0.25, 0.3) is 11.3 Å². The molecule has 4 rings (SSSR count). The number of nitrogens with zero attached hydrogens (tertiary/aromatic N) is 2. The summed E-state index contributed by atoms with van der Waals surface area (Å²) in [5, 5.41) is 3.40. The van der Waals surface area contributed by atoms with E-state index in [9.17, 15) is 13.2 Å². The number of nitrogens with one attached hydrogen (secondary N) is 1. The number of sulfone groups is 1. The normalized spacial score (nSPS) is 14.6. The van der Waals surface area contributed by atoms with Crippen molar-refractivity contribution in [3.05, 3.63) is 76.9 Å². The highest BCUT2D eigenvalue weighted by molar-refractivity contribution is 7.91. The number of hydrogen-bond donors (Lipinski definition) is 1. The van der Waals surface area contributed by atoms with Crippen molar-refractivity contribution in [1.82, 2.24) is 9.88 Å². The van der Waals surface area contributed by atoms with Gasteiger partial charge < -0.3 is 10.1 Å². The summed E-state index contributed by atoms with van der Waals surface area (Å²) >= 11 is 6.33. The van der Waals surface area contributed by atoms with Gasteiger partial charge in [0, 0.05) is 36.1 Å². The third-order valence-corrected chi connectivity index (χ3v) is 8.09. The van der Waals surface area contributed by atoms with Crippen LogP contribution in [0, 0.1) is 6.92 Å². The van der Waals surface area contributed by atoms with Gasteiger partial charge in [-0.3, -0.25) is 14.7 Å². The molecule has 1 fully saturated rings. The standard InChI is InChI=1S/C26H28ClN3O4S/c1-19-17-21(35(32,33)16-4-11-30-12-14-34-15-13-30)7-8-22(19)26(31)29-20-6-9-24(27)23(18-20)25-5-2-3-10-28-25/h2-3,5-10,17-18H,4,11-16H2,1H3,(H,29,31). The Morgan fingerprint density at radius 2 is 1.91 bits per heavy atom. The maximum Gasteiger partial charge on any atom is 0.255 e. The van der Waals surface area contributed by atoms with E-state index in [1.807, 2.05) is 18.2 Å². The number of pyridine rings is 1. The third kappa shape index (κ3) is 6.46. The molecule has 1 aromatic heterocycles. The second-order valence-electron chi connectivity index (χ2n) is 8.47. The van der Waals surface area contributed by atoms with Gasteiger partial charge in [-0.25, -0.2) is 8.42 Å². The van der Waals surface area contributed by atoms with Crippen molar-refractivity contribution >= 4 is 33.0 Å². The lowest BCUT2D eigenvalue weighted by atomic mass is 10.1. The van der Waals surface area contributed by atoms with Crippen LogP contribution in [0.2, 0.25) is 5.02 Å². The Morgan fingerprint density at radius 1 is 1.11 bits per heavy atom. The lowest BCUT2D eigenvalue weighted by Gasteiger charge is -2.26. The molecule has 0 unspecified atom stereocenters. The molecule has 7 nitrogen and oxygen atoms in total. The van der Waals surface area contributed by atoms with Gasteiger partial charge >= 0.3 is 0 Å². The highest BCUT2D eigenvalue weighted by Crippen LogP contribution is 2.29. The van der Waals surface area contributed by atoms with Gasteiger partial charge in [0.05, 0.1) is 34.6 Å². The van der Waals surface area contributed by atoms with E-state index in [0.29, 0.717) is 52.7 Å². The average Bonchev–Trinajstić information content (AvgIpc) is 2.86. The Hall–Kier alpha value is -2.78. The van der Waals surface area contributed by atoms with Crippen LogP contribution in [0.1, 0.15) is 22.3 Å². The number of morpholine rings is 1. The number of amides is 1. The highest BCUT2D eigenvalue weighted by Gasteiger charge is 2.19. The molecule has 2 aromatic carbocycles. The van der Waals surface area contributed by atoms with Gasteiger partial charge in [-0.2, -0.15) is 0 Å². The Kier molecular flexibility index (Phi) is 8.18. The summed E-state index contributed by atoms with van der Waals surface area (Å²) < 4.78 is 31.0. The molecule has 9 heteroatoms. The van der Waals surface area contributed by atoms with E-state index in [2.05, 4.69) is 15.2 Å². The Balaban J connectivity index is 1.43. The summed E-state index contributed by atoms with van der Waals surface area (Å²) in [6, 6.07) is 15.4. The fourth-order valence-electron chi connectivity index (χ4n) is 4.03. The van der Waals surface area contributed by atoms with Crippen LogP contribution >= 0.6 is 11.6 Å². The first kappa shape index (κ1) is 25.3. The minimum Gasteiger partial charge on any atom is -0.379 e. The molecule has 1 N–H and O–H groups in total. The van der Waals surface area contributed by atoms with Gasteiger partial charge in [-0.15, -0.1) is 0 Å². The van der Waals surface area contributed by atoms with Crippen molar-refractivity contribution in [2.24, 2.45) is 0 Å². The van der Waals surface area contributed by atoms with Gasteiger partial charge in [0.15, 0.2) is 9.84 Å². The maximum absolute atomic E-state index is 13.0. The fraction of sp³-hybridized carbons (Fsp3) is 0.308. The van der Waals surface area contributed by atoms with E-state index in [1.54, 1.807) is 43.5 Å². The second kappa shape index (κ2) is 11.3. The molecule has 1 aliphatic rings. The summed E-state index contributed by atoms with van der Waals surface area (Å²) in [5.74, 6) is -0.260. The van der Waals surface area contributed by atoms with Gasteiger partial charge in [0.25, 0.3) is 5.91 Å². The summed E-state index contributed by atoms with van der Waals surface area (Å²) in [5.41, 5.74) is 2.98. The zero-order valence-corrected chi connectivity index (χ0v) is 21.1. The lowest BCUT2D eigenvalue weighted by molar-refractivity contribution is 0.0381. The average molecular weight is 514 g/mol. The van der Waals surface area contributed by atoms with Gasteiger partial charge in [0.2, 0.25) is 0 Å². The van der Waals surface area contributed by atoms with Crippen LogP contribution in [0.3, 0.4) is 0 Å². The number of aryl methyl sites for hydroxylation is 1. The molecule has 0 atom stereocenters. The van der Waals surface area contributed by atoms with Gasteiger partial charge in [0.1, 0.15) is 0 Å². The number of rotatable bonds is 8. The van der Waals surface area contributed by atoms with Gasteiger partial charge in [-0.05, 0) is 74.0 Å². The molecular weight excluding hydrogens is 486 g/mol. The number of ether oxygens (including phenoxy) is 1. The fourth-order valence-corrected chi connectivity index (χ4v) is 5.62. The summed E-state index contributed by atoms with van der Waals surface area (Å²) in [4.78, 5) is 19.7. The molecule has 1 saturated heterocycles. The number of benzene rings is 2. The maximum atomic E-state index is 13.0. The molecule has 1 aliphatic heterocycles. The zero-order chi connectivity index (χ0) is 24.8. The second-order valence-corrected chi connectivity index (χ2v) is 11.0. The van der Waals surface area contributed by atoms with E-state index < -0.39 is 9.84 Å². The minimum atomic E-state index is -3.44. The van der Waals surface area contributed by atoms with E-state index in [0.717, 1.165) is 19.6 Å². The number of anilines is 1. The molecular formula is C26H28ClN3O4S. The van der Waals surface area contributed by atoms with Crippen molar-refractivity contribution in [2.75, 3.05) is 43.9 Å². The predicted molar refractivity (Wildman–Crippen MR) is 138 cm³/mol. The lowest BCUT2D eigenvalue weighted by Crippen LogP contribution is -2.37. The third-order valence-electron chi connectivity index (χ3n) is 5.96. The smallest absolute Gasteiger partial charge is 0.255 e. The number of hydrogen-bond acceptors (Lipinski definition) is 6. The molecule has 2 heterocycles. The molecule has 0 spiro atoms. The van der Waals surface area contributed by atoms with Crippen LogP contribution in [0.15, 0.2) is 65.7 Å². The summed E-state index contributed by atoms with van der Waals surface area (Å²) in [6.07, 6.45) is 2.23. The van der Waals surface area contributed by atoms with E-state index in [-0.39, 0.29) is 16.6 Å². The SMILES string of the molecule is Cc1cc(S(=O)(=O)CCCN2CCOCC2)ccc1C(=O)Nc1ccc(Cl)c(-c2ccccn2)c1. The predicted octanol–water partition coefficient (Wildman–Crippen LogP) is 4.46. The van der Waals surface area contributed by atoms with E-state index in [4.69, 9.17) is 16.3 Å². The zero-order valence-electron chi connectivity index (χ0n) is 19.5. The molecule has 0 radical (unpaired) electrons. The van der Waals surface area contributed by atoms with Crippen molar-refractivity contribution < 1.29 is 17.9 Å². The van der Waals surface area contributed by atoms with E-state index >= 15 is 0 Å². The summed E-state index contributed by atoms with van der Waals surface area (Å²) in [7, 11) is -3.44. The van der Waals surface area contributed by atoms with Crippen LogP contribution in [0.5, 0.6) is 0 Å². The first-order valence-corrected chi connectivity index (χ1v) is 13.5. The molecule has 35 heavy (non-hydrogen) atoms.